The molecule has 112 valence electrons. The third-order valence-electron chi connectivity index (χ3n) is 3.38. The van der Waals surface area contributed by atoms with E-state index >= 15 is 0 Å². The zero-order chi connectivity index (χ0) is 15.6. The molecule has 0 saturated carbocycles. The summed E-state index contributed by atoms with van der Waals surface area (Å²) in [4.78, 5) is 0. The molecule has 0 fully saturated rings. The summed E-state index contributed by atoms with van der Waals surface area (Å²) in [5, 5.41) is 13.0. The van der Waals surface area contributed by atoms with Crippen LogP contribution in [-0.2, 0) is 0 Å². The highest BCUT2D eigenvalue weighted by Crippen LogP contribution is 2.29. The molecule has 2 heterocycles. The van der Waals surface area contributed by atoms with Crippen molar-refractivity contribution in [3.8, 4) is 28.6 Å². The van der Waals surface area contributed by atoms with Crippen molar-refractivity contribution in [3.63, 3.8) is 0 Å². The average Bonchev–Trinajstić information content (AvgIpc) is 3.25. The summed E-state index contributed by atoms with van der Waals surface area (Å²) in [6, 6.07) is 17.2. The zero-order valence-electron chi connectivity index (χ0n) is 11.9. The summed E-state index contributed by atoms with van der Waals surface area (Å²) in [6.07, 6.45) is 3.54. The van der Waals surface area contributed by atoms with E-state index in [1.807, 2.05) is 54.7 Å². The van der Waals surface area contributed by atoms with Crippen LogP contribution < -0.4 is 0 Å². The van der Waals surface area contributed by atoms with Gasteiger partial charge < -0.3 is 4.42 Å². The highest BCUT2D eigenvalue weighted by molar-refractivity contribution is 6.33. The molecular weight excluding hydrogens is 312 g/mol. The van der Waals surface area contributed by atoms with Crippen molar-refractivity contribution in [1.29, 1.82) is 0 Å². The second-order valence-electron chi connectivity index (χ2n) is 4.90. The minimum atomic E-state index is 0.387. The van der Waals surface area contributed by atoms with Crippen LogP contribution in [0.5, 0.6) is 0 Å². The van der Waals surface area contributed by atoms with Crippen LogP contribution in [-0.4, -0.2) is 20.0 Å². The number of nitrogens with zero attached hydrogens (tertiary/aromatic N) is 4. The zero-order valence-corrected chi connectivity index (χ0v) is 12.7. The van der Waals surface area contributed by atoms with Crippen LogP contribution >= 0.6 is 11.6 Å². The monoisotopic (exact) mass is 322 g/mol. The van der Waals surface area contributed by atoms with E-state index in [0.29, 0.717) is 22.4 Å². The Morgan fingerprint density at radius 1 is 0.870 bits per heavy atom. The lowest BCUT2D eigenvalue weighted by Crippen LogP contribution is -1.92. The van der Waals surface area contributed by atoms with E-state index in [1.54, 1.807) is 16.9 Å². The molecule has 2 aromatic heterocycles. The van der Waals surface area contributed by atoms with E-state index in [0.717, 1.165) is 11.3 Å². The maximum absolute atomic E-state index is 6.15. The second kappa shape index (κ2) is 5.70. The topological polar surface area (TPSA) is 56.7 Å². The molecule has 0 atom stereocenters. The molecule has 6 heteroatoms. The summed E-state index contributed by atoms with van der Waals surface area (Å²) < 4.78 is 7.48. The second-order valence-corrected chi connectivity index (χ2v) is 5.31. The lowest BCUT2D eigenvalue weighted by atomic mass is 10.2. The molecule has 0 aliphatic carbocycles. The number of halogens is 1. The van der Waals surface area contributed by atoms with Crippen molar-refractivity contribution >= 4 is 11.6 Å². The number of para-hydroxylation sites is 1. The number of aromatic nitrogens is 4. The van der Waals surface area contributed by atoms with Crippen molar-refractivity contribution in [1.82, 2.24) is 20.0 Å². The lowest BCUT2D eigenvalue weighted by molar-refractivity contribution is 0.584. The molecular formula is C17H11ClN4O. The van der Waals surface area contributed by atoms with Gasteiger partial charge in [0.05, 0.1) is 28.0 Å². The fourth-order valence-corrected chi connectivity index (χ4v) is 2.46. The number of hydrogen-bond donors (Lipinski definition) is 0. The fourth-order valence-electron chi connectivity index (χ4n) is 2.24. The lowest BCUT2D eigenvalue weighted by Gasteiger charge is -1.98. The van der Waals surface area contributed by atoms with Crippen LogP contribution in [0.25, 0.3) is 28.6 Å². The molecule has 0 radical (unpaired) electrons. The van der Waals surface area contributed by atoms with E-state index in [9.17, 15) is 0 Å². The van der Waals surface area contributed by atoms with E-state index in [4.69, 9.17) is 16.0 Å². The molecule has 23 heavy (non-hydrogen) atoms. The standard InChI is InChI=1S/C17H11ClN4O/c18-15-9-5-4-8-14(15)17-21-20-16(23-17)12-10-19-22(11-12)13-6-2-1-3-7-13/h1-11H. The summed E-state index contributed by atoms with van der Waals surface area (Å²) in [7, 11) is 0. The molecule has 0 bridgehead atoms. The molecule has 4 rings (SSSR count). The fraction of sp³-hybridized carbons (Fsp3) is 0. The molecule has 2 aromatic carbocycles. The first-order chi connectivity index (χ1) is 11.3. The molecule has 0 saturated heterocycles. The molecule has 0 aliphatic rings. The van der Waals surface area contributed by atoms with Gasteiger partial charge >= 0.3 is 0 Å². The Kier molecular flexibility index (Phi) is 3.40. The van der Waals surface area contributed by atoms with Crippen LogP contribution in [0.4, 0.5) is 0 Å². The number of rotatable bonds is 3. The Balaban J connectivity index is 1.68. The number of hydrogen-bond acceptors (Lipinski definition) is 4. The maximum atomic E-state index is 6.15. The van der Waals surface area contributed by atoms with E-state index in [2.05, 4.69) is 15.3 Å². The Hall–Kier alpha value is -2.92. The van der Waals surface area contributed by atoms with Gasteiger partial charge in [-0.05, 0) is 24.3 Å². The van der Waals surface area contributed by atoms with Gasteiger partial charge in [-0.1, -0.05) is 41.9 Å². The molecule has 0 aliphatic heterocycles. The van der Waals surface area contributed by atoms with Crippen LogP contribution in [0, 0.1) is 0 Å². The van der Waals surface area contributed by atoms with Gasteiger partial charge in [0.2, 0.25) is 5.89 Å². The molecule has 0 spiro atoms. The predicted octanol–water partition coefficient (Wildman–Crippen LogP) is 4.24. The minimum absolute atomic E-state index is 0.387. The summed E-state index contributed by atoms with van der Waals surface area (Å²) >= 11 is 6.15. The van der Waals surface area contributed by atoms with E-state index in [1.165, 1.54) is 0 Å². The Bertz CT molecular complexity index is 946. The number of benzene rings is 2. The SMILES string of the molecule is Clc1ccccc1-c1nnc(-c2cnn(-c3ccccc3)c2)o1. The van der Waals surface area contributed by atoms with Gasteiger partial charge in [0.1, 0.15) is 0 Å². The molecule has 5 nitrogen and oxygen atoms in total. The minimum Gasteiger partial charge on any atom is -0.416 e. The van der Waals surface area contributed by atoms with Gasteiger partial charge in [0.25, 0.3) is 5.89 Å². The summed E-state index contributed by atoms with van der Waals surface area (Å²) in [5.41, 5.74) is 2.42. The van der Waals surface area contributed by atoms with E-state index in [-0.39, 0.29) is 0 Å². The van der Waals surface area contributed by atoms with Gasteiger partial charge in [-0.3, -0.25) is 0 Å². The largest absolute Gasteiger partial charge is 0.416 e. The van der Waals surface area contributed by atoms with Crippen molar-refractivity contribution in [3.05, 3.63) is 72.0 Å². The highest BCUT2D eigenvalue weighted by atomic mass is 35.5. The van der Waals surface area contributed by atoms with E-state index < -0.39 is 0 Å². The third-order valence-corrected chi connectivity index (χ3v) is 3.71. The average molecular weight is 323 g/mol. The Morgan fingerprint density at radius 2 is 1.61 bits per heavy atom. The van der Waals surface area contributed by atoms with Crippen molar-refractivity contribution in [2.45, 2.75) is 0 Å². The quantitative estimate of drug-likeness (QED) is 0.566. The van der Waals surface area contributed by atoms with Gasteiger partial charge in [0.15, 0.2) is 0 Å². The summed E-state index contributed by atoms with van der Waals surface area (Å²) in [6.45, 7) is 0. The predicted molar refractivity (Wildman–Crippen MR) is 87.3 cm³/mol. The Labute approximate surface area is 137 Å². The van der Waals surface area contributed by atoms with Crippen LogP contribution in [0.15, 0.2) is 71.4 Å². The molecule has 4 aromatic rings. The molecule has 0 N–H and O–H groups in total. The van der Waals surface area contributed by atoms with Crippen LogP contribution in [0.1, 0.15) is 0 Å². The summed E-state index contributed by atoms with van der Waals surface area (Å²) in [5.74, 6) is 0.792. The highest BCUT2D eigenvalue weighted by Gasteiger charge is 2.14. The maximum Gasteiger partial charge on any atom is 0.251 e. The molecule has 0 unspecified atom stereocenters. The van der Waals surface area contributed by atoms with Crippen LogP contribution in [0.2, 0.25) is 5.02 Å². The smallest absolute Gasteiger partial charge is 0.251 e. The van der Waals surface area contributed by atoms with Gasteiger partial charge in [-0.2, -0.15) is 5.10 Å². The van der Waals surface area contributed by atoms with Crippen molar-refractivity contribution in [2.75, 3.05) is 0 Å². The van der Waals surface area contributed by atoms with Crippen LogP contribution in [0.3, 0.4) is 0 Å². The molecule has 0 amide bonds. The first kappa shape index (κ1) is 13.7. The van der Waals surface area contributed by atoms with Crippen molar-refractivity contribution < 1.29 is 4.42 Å². The normalized spacial score (nSPS) is 10.8. The third kappa shape index (κ3) is 2.62. The first-order valence-corrected chi connectivity index (χ1v) is 7.38. The van der Waals surface area contributed by atoms with Crippen molar-refractivity contribution in [2.24, 2.45) is 0 Å². The van der Waals surface area contributed by atoms with Gasteiger partial charge in [0, 0.05) is 6.20 Å². The van der Waals surface area contributed by atoms with Gasteiger partial charge in [-0.15, -0.1) is 10.2 Å². The van der Waals surface area contributed by atoms with Gasteiger partial charge in [-0.25, -0.2) is 4.68 Å². The Morgan fingerprint density at radius 3 is 2.43 bits per heavy atom. The first-order valence-electron chi connectivity index (χ1n) is 7.00.